The van der Waals surface area contributed by atoms with E-state index in [4.69, 9.17) is 0 Å². The third kappa shape index (κ3) is 2.69. The second kappa shape index (κ2) is 5.41. The zero-order valence-electron chi connectivity index (χ0n) is 12.8. The number of hydrogen-bond donors (Lipinski definition) is 1. The number of halogens is 1. The summed E-state index contributed by atoms with van der Waals surface area (Å²) in [6.07, 6.45) is 0.832. The minimum absolute atomic E-state index is 0.109. The zero-order valence-corrected chi connectivity index (χ0v) is 12.8. The molecule has 4 unspecified atom stereocenters. The first kappa shape index (κ1) is 14.5. The molecule has 1 aromatic rings. The van der Waals surface area contributed by atoms with Gasteiger partial charge in [0.05, 0.1) is 6.04 Å². The maximum absolute atomic E-state index is 14.1. The molecule has 0 aromatic heterocycles. The lowest BCUT2D eigenvalue weighted by atomic mass is 10.0. The average Bonchev–Trinajstić information content (AvgIpc) is 3.03. The average molecular weight is 290 g/mol. The number of carbonyl (C=O) groups excluding carboxylic acids is 1. The largest absolute Gasteiger partial charge is 0.321 e. The molecule has 4 heteroatoms. The van der Waals surface area contributed by atoms with E-state index in [1.165, 1.54) is 12.5 Å². The molecule has 0 radical (unpaired) electrons. The van der Waals surface area contributed by atoms with E-state index >= 15 is 0 Å². The molecule has 1 heterocycles. The fraction of sp³-hybridized carbons (Fsp3) is 0.588. The van der Waals surface area contributed by atoms with E-state index in [1.54, 1.807) is 12.1 Å². The quantitative estimate of drug-likeness (QED) is 0.924. The second-order valence-corrected chi connectivity index (χ2v) is 6.78. The highest BCUT2D eigenvalue weighted by Crippen LogP contribution is 2.41. The highest BCUT2D eigenvalue weighted by molar-refractivity contribution is 5.85. The van der Waals surface area contributed by atoms with Gasteiger partial charge in [0.2, 0.25) is 5.91 Å². The van der Waals surface area contributed by atoms with Crippen molar-refractivity contribution in [2.24, 2.45) is 17.8 Å². The molecule has 114 valence electrons. The smallest absolute Gasteiger partial charge is 0.241 e. The molecule has 1 saturated heterocycles. The summed E-state index contributed by atoms with van der Waals surface area (Å²) in [4.78, 5) is 14.5. The summed E-state index contributed by atoms with van der Waals surface area (Å²) in [6, 6.07) is 6.52. The Morgan fingerprint density at radius 1 is 1.38 bits per heavy atom. The maximum atomic E-state index is 14.1. The summed E-state index contributed by atoms with van der Waals surface area (Å²) in [5.74, 6) is 1.31. The van der Waals surface area contributed by atoms with E-state index < -0.39 is 0 Å². The fourth-order valence-corrected chi connectivity index (χ4v) is 3.17. The number of amides is 1. The van der Waals surface area contributed by atoms with Gasteiger partial charge in [-0.25, -0.2) is 4.39 Å². The van der Waals surface area contributed by atoms with Gasteiger partial charge >= 0.3 is 0 Å². The predicted molar refractivity (Wildman–Crippen MR) is 79.9 cm³/mol. The van der Waals surface area contributed by atoms with Crippen molar-refractivity contribution in [2.75, 3.05) is 6.54 Å². The molecule has 1 aromatic carbocycles. The van der Waals surface area contributed by atoms with Crippen molar-refractivity contribution in [1.29, 1.82) is 0 Å². The molecule has 4 atom stereocenters. The van der Waals surface area contributed by atoms with Crippen LogP contribution in [0.4, 0.5) is 4.39 Å². The molecule has 2 aliphatic rings. The molecule has 1 aliphatic carbocycles. The SMILES string of the molecule is CC(C)C1NC(c2ccccc2F)N(CC2CC2C)C1=O. The molecule has 3 nitrogen and oxygen atoms in total. The van der Waals surface area contributed by atoms with Crippen molar-refractivity contribution in [2.45, 2.75) is 39.4 Å². The number of nitrogens with one attached hydrogen (secondary N) is 1. The second-order valence-electron chi connectivity index (χ2n) is 6.78. The molecule has 3 rings (SSSR count). The lowest BCUT2D eigenvalue weighted by Crippen LogP contribution is -2.35. The van der Waals surface area contributed by atoms with Crippen molar-refractivity contribution < 1.29 is 9.18 Å². The maximum Gasteiger partial charge on any atom is 0.241 e. The minimum atomic E-state index is -0.334. The molecule has 21 heavy (non-hydrogen) atoms. The summed E-state index contributed by atoms with van der Waals surface area (Å²) < 4.78 is 14.1. The van der Waals surface area contributed by atoms with Gasteiger partial charge in [-0.3, -0.25) is 10.1 Å². The van der Waals surface area contributed by atoms with Crippen molar-refractivity contribution in [3.63, 3.8) is 0 Å². The Kier molecular flexibility index (Phi) is 3.74. The third-order valence-corrected chi connectivity index (χ3v) is 4.77. The Morgan fingerprint density at radius 3 is 2.62 bits per heavy atom. The van der Waals surface area contributed by atoms with Gasteiger partial charge < -0.3 is 4.90 Å². The topological polar surface area (TPSA) is 32.3 Å². The molecular weight excluding hydrogens is 267 g/mol. The van der Waals surface area contributed by atoms with Crippen LogP contribution in [0, 0.1) is 23.6 Å². The fourth-order valence-electron chi connectivity index (χ4n) is 3.17. The Morgan fingerprint density at radius 2 is 2.05 bits per heavy atom. The first-order chi connectivity index (χ1) is 9.99. The third-order valence-electron chi connectivity index (χ3n) is 4.77. The zero-order chi connectivity index (χ0) is 15.1. The predicted octanol–water partition coefficient (Wildman–Crippen LogP) is 2.94. The molecule has 1 N–H and O–H groups in total. The van der Waals surface area contributed by atoms with Crippen molar-refractivity contribution in [3.8, 4) is 0 Å². The van der Waals surface area contributed by atoms with Crippen molar-refractivity contribution in [3.05, 3.63) is 35.6 Å². The van der Waals surface area contributed by atoms with Gasteiger partial charge in [0.25, 0.3) is 0 Å². The van der Waals surface area contributed by atoms with Crippen molar-refractivity contribution in [1.82, 2.24) is 10.2 Å². The van der Waals surface area contributed by atoms with Gasteiger partial charge in [-0.15, -0.1) is 0 Å². The summed E-state index contributed by atoms with van der Waals surface area (Å²) in [5.41, 5.74) is 0.572. The minimum Gasteiger partial charge on any atom is -0.321 e. The van der Waals surface area contributed by atoms with Crippen LogP contribution in [0.5, 0.6) is 0 Å². The highest BCUT2D eigenvalue weighted by Gasteiger charge is 2.45. The summed E-state index contributed by atoms with van der Waals surface area (Å²) >= 11 is 0. The van der Waals surface area contributed by atoms with Gasteiger partial charge in [0.1, 0.15) is 12.0 Å². The summed E-state index contributed by atoms with van der Waals surface area (Å²) in [7, 11) is 0. The number of nitrogens with zero attached hydrogens (tertiary/aromatic N) is 1. The summed E-state index contributed by atoms with van der Waals surface area (Å²) in [5, 5.41) is 3.33. The molecule has 1 saturated carbocycles. The Labute approximate surface area is 125 Å². The Hall–Kier alpha value is -1.42. The summed E-state index contributed by atoms with van der Waals surface area (Å²) in [6.45, 7) is 6.99. The number of benzene rings is 1. The first-order valence-electron chi connectivity index (χ1n) is 7.80. The lowest BCUT2D eigenvalue weighted by Gasteiger charge is -2.25. The van der Waals surface area contributed by atoms with E-state index in [-0.39, 0.29) is 29.8 Å². The van der Waals surface area contributed by atoms with Crippen LogP contribution in [0.1, 0.15) is 38.9 Å². The van der Waals surface area contributed by atoms with Crippen molar-refractivity contribution >= 4 is 5.91 Å². The van der Waals surface area contributed by atoms with Gasteiger partial charge in [0.15, 0.2) is 0 Å². The molecule has 0 spiro atoms. The van der Waals surface area contributed by atoms with E-state index in [1.807, 2.05) is 24.8 Å². The van der Waals surface area contributed by atoms with Crippen LogP contribution in [-0.4, -0.2) is 23.4 Å². The van der Waals surface area contributed by atoms with Crippen LogP contribution < -0.4 is 5.32 Å². The standard InChI is InChI=1S/C17H23FN2O/c1-10(2)15-17(21)20(9-12-8-11(12)3)16(19-15)13-6-4-5-7-14(13)18/h4-7,10-12,15-16,19H,8-9H2,1-3H3. The number of hydrogen-bond acceptors (Lipinski definition) is 2. The van der Waals surface area contributed by atoms with E-state index in [9.17, 15) is 9.18 Å². The number of carbonyl (C=O) groups is 1. The highest BCUT2D eigenvalue weighted by atomic mass is 19.1. The van der Waals surface area contributed by atoms with Crippen LogP contribution in [-0.2, 0) is 4.79 Å². The molecule has 0 bridgehead atoms. The van der Waals surface area contributed by atoms with Crippen LogP contribution in [0.25, 0.3) is 0 Å². The van der Waals surface area contributed by atoms with Crippen LogP contribution in [0.3, 0.4) is 0 Å². The van der Waals surface area contributed by atoms with E-state index in [2.05, 4.69) is 12.2 Å². The van der Waals surface area contributed by atoms with Crippen LogP contribution in [0.2, 0.25) is 0 Å². The molecule has 1 aliphatic heterocycles. The molecular formula is C17H23FN2O. The number of rotatable bonds is 4. The normalized spacial score (nSPS) is 32.0. The Bertz CT molecular complexity index is 545. The van der Waals surface area contributed by atoms with Crippen LogP contribution >= 0.6 is 0 Å². The Balaban J connectivity index is 1.88. The monoisotopic (exact) mass is 290 g/mol. The molecule has 1 amide bonds. The van der Waals surface area contributed by atoms with Crippen LogP contribution in [0.15, 0.2) is 24.3 Å². The van der Waals surface area contributed by atoms with Gasteiger partial charge in [-0.1, -0.05) is 39.0 Å². The lowest BCUT2D eigenvalue weighted by molar-refractivity contribution is -0.131. The van der Waals surface area contributed by atoms with E-state index in [0.29, 0.717) is 17.4 Å². The van der Waals surface area contributed by atoms with Gasteiger partial charge in [-0.2, -0.15) is 0 Å². The van der Waals surface area contributed by atoms with Gasteiger partial charge in [0, 0.05) is 12.1 Å². The van der Waals surface area contributed by atoms with Gasteiger partial charge in [-0.05, 0) is 30.2 Å². The molecule has 2 fully saturated rings. The van der Waals surface area contributed by atoms with E-state index in [0.717, 1.165) is 6.54 Å². The first-order valence-corrected chi connectivity index (χ1v) is 7.80.